The second kappa shape index (κ2) is 11.0. The van der Waals surface area contributed by atoms with Crippen molar-refractivity contribution in [1.82, 2.24) is 5.32 Å². The van der Waals surface area contributed by atoms with Crippen LogP contribution in [0.25, 0.3) is 0 Å². The number of hydrogen-bond donors (Lipinski definition) is 1. The molecule has 1 unspecified atom stereocenters. The Labute approximate surface area is 109 Å². The van der Waals surface area contributed by atoms with E-state index >= 15 is 0 Å². The van der Waals surface area contributed by atoms with Crippen LogP contribution in [-0.4, -0.2) is 26.3 Å². The number of nitrogens with one attached hydrogen (secondary N) is 1. The average molecular weight is 243 g/mol. The van der Waals surface area contributed by atoms with Gasteiger partial charge in [0, 0.05) is 13.2 Å². The van der Waals surface area contributed by atoms with Crippen molar-refractivity contribution in [3.05, 3.63) is 0 Å². The molecule has 0 aromatic carbocycles. The van der Waals surface area contributed by atoms with Gasteiger partial charge in [0.1, 0.15) is 0 Å². The predicted octanol–water partition coefficient (Wildman–Crippen LogP) is 3.71. The fourth-order valence-corrected chi connectivity index (χ4v) is 1.79. The van der Waals surface area contributed by atoms with Crippen molar-refractivity contribution in [3.63, 3.8) is 0 Å². The molecule has 0 aliphatic carbocycles. The van der Waals surface area contributed by atoms with Gasteiger partial charge in [0.05, 0.1) is 0 Å². The van der Waals surface area contributed by atoms with E-state index < -0.39 is 0 Å². The van der Waals surface area contributed by atoms with Gasteiger partial charge in [-0.1, -0.05) is 34.6 Å². The Bertz CT molecular complexity index is 157. The fourth-order valence-electron chi connectivity index (χ4n) is 1.79. The highest BCUT2D eigenvalue weighted by Crippen LogP contribution is 2.14. The van der Waals surface area contributed by atoms with E-state index in [-0.39, 0.29) is 0 Å². The van der Waals surface area contributed by atoms with Crippen LogP contribution in [-0.2, 0) is 4.74 Å². The third-order valence-electron chi connectivity index (χ3n) is 3.25. The topological polar surface area (TPSA) is 21.3 Å². The Kier molecular flexibility index (Phi) is 11.0. The maximum absolute atomic E-state index is 5.70. The Morgan fingerprint density at radius 3 is 2.18 bits per heavy atom. The van der Waals surface area contributed by atoms with Gasteiger partial charge >= 0.3 is 0 Å². The van der Waals surface area contributed by atoms with E-state index in [1.165, 1.54) is 19.3 Å². The fraction of sp³-hybridized carbons (Fsp3) is 1.00. The monoisotopic (exact) mass is 243 g/mol. The third kappa shape index (κ3) is 10.8. The Hall–Kier alpha value is -0.0800. The van der Waals surface area contributed by atoms with Crippen molar-refractivity contribution >= 4 is 0 Å². The summed E-state index contributed by atoms with van der Waals surface area (Å²) < 4.78 is 5.70. The van der Waals surface area contributed by atoms with Crippen LogP contribution in [0.1, 0.15) is 53.9 Å². The molecule has 0 heterocycles. The Morgan fingerprint density at radius 1 is 1.00 bits per heavy atom. The molecular formula is C15H33NO. The normalized spacial score (nSPS) is 13.6. The first-order valence-electron chi connectivity index (χ1n) is 7.36. The van der Waals surface area contributed by atoms with Crippen molar-refractivity contribution in [2.24, 2.45) is 17.8 Å². The van der Waals surface area contributed by atoms with Gasteiger partial charge in [0.15, 0.2) is 0 Å². The first kappa shape index (κ1) is 16.9. The summed E-state index contributed by atoms with van der Waals surface area (Å²) in [5, 5.41) is 3.52. The van der Waals surface area contributed by atoms with E-state index in [1.807, 2.05) is 0 Å². The van der Waals surface area contributed by atoms with Crippen molar-refractivity contribution in [1.29, 1.82) is 0 Å². The van der Waals surface area contributed by atoms with Crippen LogP contribution in [0.3, 0.4) is 0 Å². The maximum atomic E-state index is 5.70. The standard InChI is InChI=1S/C15H33NO/c1-6-9-16-12-15(14(4)5)8-11-17-10-7-13(2)3/h13-16H,6-12H2,1-5H3. The summed E-state index contributed by atoms with van der Waals surface area (Å²) in [5.41, 5.74) is 0. The van der Waals surface area contributed by atoms with Crippen LogP contribution in [0.2, 0.25) is 0 Å². The van der Waals surface area contributed by atoms with Crippen molar-refractivity contribution in [2.75, 3.05) is 26.3 Å². The van der Waals surface area contributed by atoms with Gasteiger partial charge in [-0.25, -0.2) is 0 Å². The molecule has 0 amide bonds. The zero-order chi connectivity index (χ0) is 13.1. The number of ether oxygens (including phenoxy) is 1. The van der Waals surface area contributed by atoms with Gasteiger partial charge in [0.2, 0.25) is 0 Å². The van der Waals surface area contributed by atoms with Crippen LogP contribution in [0.5, 0.6) is 0 Å². The Balaban J connectivity index is 3.56. The lowest BCUT2D eigenvalue weighted by Gasteiger charge is -2.21. The maximum Gasteiger partial charge on any atom is 0.0469 e. The third-order valence-corrected chi connectivity index (χ3v) is 3.25. The molecule has 17 heavy (non-hydrogen) atoms. The summed E-state index contributed by atoms with van der Waals surface area (Å²) in [7, 11) is 0. The molecule has 0 aromatic rings. The van der Waals surface area contributed by atoms with Crippen LogP contribution in [0.4, 0.5) is 0 Å². The van der Waals surface area contributed by atoms with Crippen molar-refractivity contribution in [3.8, 4) is 0 Å². The lowest BCUT2D eigenvalue weighted by Crippen LogP contribution is -2.27. The van der Waals surface area contributed by atoms with Gasteiger partial charge < -0.3 is 10.1 Å². The molecular weight excluding hydrogens is 210 g/mol. The van der Waals surface area contributed by atoms with Crippen molar-refractivity contribution < 1.29 is 4.74 Å². The van der Waals surface area contributed by atoms with E-state index in [2.05, 4.69) is 39.9 Å². The molecule has 1 N–H and O–H groups in total. The summed E-state index contributed by atoms with van der Waals surface area (Å²) in [6.07, 6.45) is 3.59. The second-order valence-corrected chi connectivity index (χ2v) is 5.79. The molecule has 0 bridgehead atoms. The van der Waals surface area contributed by atoms with E-state index in [0.29, 0.717) is 0 Å². The molecule has 0 aromatic heterocycles. The van der Waals surface area contributed by atoms with Crippen LogP contribution < -0.4 is 5.32 Å². The van der Waals surface area contributed by atoms with E-state index in [0.717, 1.165) is 44.1 Å². The van der Waals surface area contributed by atoms with E-state index in [9.17, 15) is 0 Å². The highest BCUT2D eigenvalue weighted by Gasteiger charge is 2.12. The molecule has 0 saturated heterocycles. The molecule has 0 fully saturated rings. The van der Waals surface area contributed by atoms with Crippen LogP contribution in [0, 0.1) is 17.8 Å². The molecule has 0 saturated carbocycles. The minimum atomic E-state index is 0.744. The zero-order valence-corrected chi connectivity index (χ0v) is 12.6. The minimum Gasteiger partial charge on any atom is -0.381 e. The molecule has 0 rings (SSSR count). The summed E-state index contributed by atoms with van der Waals surface area (Å²) in [6, 6.07) is 0. The molecule has 1 atom stereocenters. The zero-order valence-electron chi connectivity index (χ0n) is 12.6. The molecule has 0 aliphatic heterocycles. The minimum absolute atomic E-state index is 0.744. The van der Waals surface area contributed by atoms with E-state index in [4.69, 9.17) is 4.74 Å². The molecule has 0 spiro atoms. The number of hydrogen-bond acceptors (Lipinski definition) is 2. The highest BCUT2D eigenvalue weighted by molar-refractivity contribution is 4.66. The molecule has 2 nitrogen and oxygen atoms in total. The SMILES string of the molecule is CCCNCC(CCOCCC(C)C)C(C)C. The molecule has 0 radical (unpaired) electrons. The van der Waals surface area contributed by atoms with Crippen molar-refractivity contribution in [2.45, 2.75) is 53.9 Å². The second-order valence-electron chi connectivity index (χ2n) is 5.79. The summed E-state index contributed by atoms with van der Waals surface area (Å²) in [6.45, 7) is 15.4. The predicted molar refractivity (Wildman–Crippen MR) is 76.4 cm³/mol. The largest absolute Gasteiger partial charge is 0.381 e. The molecule has 0 aliphatic rings. The van der Waals surface area contributed by atoms with E-state index in [1.54, 1.807) is 0 Å². The highest BCUT2D eigenvalue weighted by atomic mass is 16.5. The lowest BCUT2D eigenvalue weighted by atomic mass is 9.93. The quantitative estimate of drug-likeness (QED) is 0.559. The average Bonchev–Trinajstić information content (AvgIpc) is 2.25. The smallest absolute Gasteiger partial charge is 0.0469 e. The van der Waals surface area contributed by atoms with Gasteiger partial charge in [0.25, 0.3) is 0 Å². The van der Waals surface area contributed by atoms with Gasteiger partial charge in [-0.05, 0) is 50.1 Å². The lowest BCUT2D eigenvalue weighted by molar-refractivity contribution is 0.104. The summed E-state index contributed by atoms with van der Waals surface area (Å²) in [4.78, 5) is 0. The first-order valence-corrected chi connectivity index (χ1v) is 7.36. The summed E-state index contributed by atoms with van der Waals surface area (Å²) >= 11 is 0. The summed E-state index contributed by atoms with van der Waals surface area (Å²) in [5.74, 6) is 2.25. The van der Waals surface area contributed by atoms with Gasteiger partial charge in [-0.15, -0.1) is 0 Å². The van der Waals surface area contributed by atoms with Gasteiger partial charge in [-0.2, -0.15) is 0 Å². The van der Waals surface area contributed by atoms with Gasteiger partial charge in [-0.3, -0.25) is 0 Å². The molecule has 2 heteroatoms. The first-order chi connectivity index (χ1) is 8.07. The van der Waals surface area contributed by atoms with Crippen LogP contribution in [0.15, 0.2) is 0 Å². The Morgan fingerprint density at radius 2 is 1.65 bits per heavy atom. The molecule has 104 valence electrons. The van der Waals surface area contributed by atoms with Crippen LogP contribution >= 0.6 is 0 Å². The number of rotatable bonds is 11.